The van der Waals surface area contributed by atoms with Crippen molar-refractivity contribution < 1.29 is 18.3 Å². The average molecular weight is 1700 g/mol. The second-order valence-corrected chi connectivity index (χ2v) is 33.0. The van der Waals surface area contributed by atoms with Gasteiger partial charge in [0.2, 0.25) is 0 Å². The summed E-state index contributed by atoms with van der Waals surface area (Å²) in [4.78, 5) is 12.2. The molecule has 0 bridgehead atoms. The molecule has 0 N–H and O–H groups in total. The van der Waals surface area contributed by atoms with Gasteiger partial charge in [-0.1, -0.05) is 279 Å². The van der Waals surface area contributed by atoms with Crippen LogP contribution in [0.4, 0.5) is 82.7 Å². The third-order valence-electron chi connectivity index (χ3n) is 25.3. The van der Waals surface area contributed by atoms with Crippen molar-refractivity contribution in [2.24, 2.45) is 0 Å². The van der Waals surface area contributed by atoms with Gasteiger partial charge in [0.15, 0.2) is 5.69 Å². The molecule has 0 saturated carbocycles. The summed E-state index contributed by atoms with van der Waals surface area (Å²) in [7, 11) is 0. The van der Waals surface area contributed by atoms with Crippen LogP contribution in [0.25, 0.3) is 136 Å². The molecule has 2 aliphatic rings. The van der Waals surface area contributed by atoms with E-state index in [2.05, 4.69) is 202 Å². The molecule has 0 saturated heterocycles. The Morgan fingerprint density at radius 3 is 0.985 bits per heavy atom. The number of nitriles is 1. The van der Waals surface area contributed by atoms with Crippen LogP contribution >= 0.6 is 0 Å². The molecule has 0 aliphatic carbocycles. The molecule has 0 spiro atoms. The van der Waals surface area contributed by atoms with Gasteiger partial charge < -0.3 is 29.1 Å². The number of nitrogens with zero attached hydrogens (tertiary/aromatic N) is 6. The molecule has 10 heteroatoms. The molecule has 22 aromatic rings. The Balaban J connectivity index is 0.000000158. The van der Waals surface area contributed by atoms with Crippen LogP contribution in [0.2, 0.25) is 0 Å². The fraction of sp³-hybridized carbons (Fsp3) is 0. The predicted octanol–water partition coefficient (Wildman–Crippen LogP) is 35.1. The van der Waals surface area contributed by atoms with E-state index in [-0.39, 0.29) is 11.6 Å². The quantitative estimate of drug-likeness (QED) is 0.0706. The molecule has 24 rings (SSSR count). The van der Waals surface area contributed by atoms with Crippen LogP contribution in [0.5, 0.6) is 23.0 Å². The summed E-state index contributed by atoms with van der Waals surface area (Å²) >= 11 is 0. The van der Waals surface area contributed by atoms with Gasteiger partial charge in [-0.25, -0.2) is 13.6 Å². The van der Waals surface area contributed by atoms with Crippen LogP contribution in [0, 0.1) is 29.5 Å². The Morgan fingerprint density at radius 2 is 0.553 bits per heavy atom. The summed E-state index contributed by atoms with van der Waals surface area (Å²) in [6.45, 7) is 7.53. The molecule has 620 valence electrons. The lowest BCUT2D eigenvalue weighted by Gasteiger charge is -2.31. The Labute approximate surface area is 762 Å². The second kappa shape index (κ2) is 33.4. The Hall–Kier alpha value is -18.0. The molecule has 0 unspecified atom stereocenters. The molecule has 0 radical (unpaired) electrons. The van der Waals surface area contributed by atoms with Crippen LogP contribution < -0.4 is 29.1 Å². The first kappa shape index (κ1) is 78.7. The van der Waals surface area contributed by atoms with Crippen molar-refractivity contribution in [1.82, 2.24) is 0 Å². The van der Waals surface area contributed by atoms with Crippen LogP contribution in [-0.2, 0) is 0 Å². The second-order valence-electron chi connectivity index (χ2n) is 33.0. The van der Waals surface area contributed by atoms with Gasteiger partial charge in [-0.05, 0) is 257 Å². The predicted molar refractivity (Wildman–Crippen MR) is 540 cm³/mol. The van der Waals surface area contributed by atoms with E-state index in [0.717, 1.165) is 200 Å². The number of rotatable bonds is 16. The topological polar surface area (TPSA) is 59.6 Å². The lowest BCUT2D eigenvalue weighted by atomic mass is 9.88. The first-order valence-electron chi connectivity index (χ1n) is 44.0. The number of fused-ring (bicyclic) bond motifs is 12. The molecule has 8 nitrogen and oxygen atoms in total. The minimum absolute atomic E-state index is 0.339. The highest BCUT2D eigenvalue weighted by Crippen LogP contribution is 2.58. The number of hydrogen-bond donors (Lipinski definition) is 0. The number of anilines is 12. The van der Waals surface area contributed by atoms with Crippen LogP contribution in [0.15, 0.2) is 461 Å². The molecular weight excluding hydrogens is 1620 g/mol. The highest BCUT2D eigenvalue weighted by atomic mass is 19.1. The van der Waals surface area contributed by atoms with Gasteiger partial charge in [-0.2, -0.15) is 5.26 Å². The smallest absolute Gasteiger partial charge is 0.187 e. The normalized spacial score (nSPS) is 11.5. The zero-order chi connectivity index (χ0) is 88.3. The van der Waals surface area contributed by atoms with E-state index in [1.807, 2.05) is 278 Å². The average Bonchev–Trinajstić information content (AvgIpc) is 0.716. The van der Waals surface area contributed by atoms with Crippen molar-refractivity contribution >= 4 is 139 Å². The van der Waals surface area contributed by atoms with Crippen molar-refractivity contribution in [1.29, 1.82) is 5.26 Å². The molecule has 2 heterocycles. The minimum Gasteiger partial charge on any atom is -0.456 e. The van der Waals surface area contributed by atoms with Gasteiger partial charge >= 0.3 is 0 Å². The standard InChI is InChI=1S/C72H46F2N2O.C50H30N4O/c73-65-42-51(47-22-7-1-8-23-47)40-60(49-26-11-3-12-27-49)71(65)75(53-30-15-5-16-31-53)55-38-39-58-64-45-62-56-34-19-20-35-57(56)67(46-63(62)59-36-21-37-68(70(59)64)77-69(58)44-55)76(54-32-17-6-18-33-54)72-61(50-28-13-4-14-29-50)41-52(43-66(72)74)48-24-9-2-10-25-48;1-52-34-21-25-38(26-22-34)54(36-13-6-3-7-14-36)47-31-45-43-17-10-18-48-50(43)46(30-44(45)40-15-8-9-16-41(40)47)42-28-27-39(29-49(42)55-48)53(35-11-4-2-5-12-35)37-23-19-33(32-51)20-24-37/h1-46H;2-31H. The van der Waals surface area contributed by atoms with Crippen molar-refractivity contribution in [2.75, 3.05) is 19.6 Å². The Morgan fingerprint density at radius 1 is 0.227 bits per heavy atom. The molecule has 0 fully saturated rings. The molecule has 0 aromatic heterocycles. The summed E-state index contributed by atoms with van der Waals surface area (Å²) in [5, 5.41) is 22.3. The SMILES string of the molecule is Fc1cc(-c2ccccc2)cc(-c2ccccc2)c1N(c1ccccc1)c1ccc2c(c1)Oc1cccc3c1c-2cc1c2ccccc2c(N(c2ccccc2)c2c(F)cc(-c4ccccc4)cc2-c2ccccc2)cc31.[C-]#[N+]c1ccc(N(c2ccccc2)c2cc3c4cccc5c4c(cc3c3ccccc23)-c2ccc(N(c3ccccc3)c3ccc(C#N)cc3)cc2O5)cc1. The monoisotopic (exact) mass is 1690 g/mol. The van der Waals surface area contributed by atoms with E-state index < -0.39 is 0 Å². The van der Waals surface area contributed by atoms with Crippen molar-refractivity contribution in [3.8, 4) is 95.8 Å². The fourth-order valence-electron chi connectivity index (χ4n) is 19.4. The summed E-state index contributed by atoms with van der Waals surface area (Å²) in [5.41, 5.74) is 22.2. The molecule has 2 aliphatic heterocycles. The zero-order valence-electron chi connectivity index (χ0n) is 71.1. The minimum atomic E-state index is -0.352. The van der Waals surface area contributed by atoms with E-state index in [1.165, 1.54) is 0 Å². The first-order chi connectivity index (χ1) is 65.2. The molecule has 0 amide bonds. The molecular formula is C122H76F2N6O2. The van der Waals surface area contributed by atoms with E-state index in [1.54, 1.807) is 12.1 Å². The highest BCUT2D eigenvalue weighted by molar-refractivity contribution is 6.28. The lowest BCUT2D eigenvalue weighted by molar-refractivity contribution is 0.487. The van der Waals surface area contributed by atoms with Crippen LogP contribution in [0.3, 0.4) is 0 Å². The van der Waals surface area contributed by atoms with E-state index in [4.69, 9.17) is 16.0 Å². The van der Waals surface area contributed by atoms with E-state index in [9.17, 15) is 5.26 Å². The van der Waals surface area contributed by atoms with Gasteiger partial charge in [0.25, 0.3) is 0 Å². The Bertz CT molecular complexity index is 8350. The van der Waals surface area contributed by atoms with Crippen LogP contribution in [0.1, 0.15) is 5.56 Å². The maximum atomic E-state index is 17.8. The summed E-state index contributed by atoms with van der Waals surface area (Å²) in [6, 6.07) is 157. The van der Waals surface area contributed by atoms with Gasteiger partial charge in [-0.15, -0.1) is 0 Å². The van der Waals surface area contributed by atoms with Crippen molar-refractivity contribution in [2.45, 2.75) is 0 Å². The number of halogens is 2. The molecule has 132 heavy (non-hydrogen) atoms. The zero-order valence-corrected chi connectivity index (χ0v) is 71.1. The third kappa shape index (κ3) is 14.0. The van der Waals surface area contributed by atoms with Crippen molar-refractivity contribution in [3.63, 3.8) is 0 Å². The summed E-state index contributed by atoms with van der Waals surface area (Å²) in [6.07, 6.45) is 0. The van der Waals surface area contributed by atoms with Gasteiger partial charge in [-0.3, -0.25) is 0 Å². The van der Waals surface area contributed by atoms with E-state index >= 15 is 8.78 Å². The maximum absolute atomic E-state index is 17.8. The van der Waals surface area contributed by atoms with Gasteiger partial charge in [0.05, 0.1) is 46.6 Å². The first-order valence-corrected chi connectivity index (χ1v) is 44.0. The molecule has 22 aromatic carbocycles. The van der Waals surface area contributed by atoms with Gasteiger partial charge in [0.1, 0.15) is 34.6 Å². The molecule has 0 atom stereocenters. The lowest BCUT2D eigenvalue weighted by Crippen LogP contribution is -2.14. The summed E-state index contributed by atoms with van der Waals surface area (Å²) < 4.78 is 49.1. The largest absolute Gasteiger partial charge is 0.456 e. The third-order valence-corrected chi connectivity index (χ3v) is 25.3. The summed E-state index contributed by atoms with van der Waals surface area (Å²) in [5.74, 6) is 2.27. The number of ether oxygens (including phenoxy) is 2. The number of hydrogen-bond acceptors (Lipinski definition) is 7. The Kier molecular flexibility index (Phi) is 19.9. The number of benzene rings is 22. The number of para-hydroxylation sites is 4. The van der Waals surface area contributed by atoms with E-state index in [0.29, 0.717) is 34.1 Å². The van der Waals surface area contributed by atoms with Crippen LogP contribution in [-0.4, -0.2) is 0 Å². The van der Waals surface area contributed by atoms with Gasteiger partial charge in [0, 0.05) is 95.7 Å². The fourth-order valence-corrected chi connectivity index (χ4v) is 19.4. The van der Waals surface area contributed by atoms with Crippen molar-refractivity contribution in [3.05, 3.63) is 490 Å². The maximum Gasteiger partial charge on any atom is 0.187 e. The highest BCUT2D eigenvalue weighted by Gasteiger charge is 2.33.